The van der Waals surface area contributed by atoms with Crippen LogP contribution in [0.25, 0.3) is 0 Å². The number of benzene rings is 1. The number of aliphatic hydroxyl groups excluding tert-OH is 1. The smallest absolute Gasteiger partial charge is 0.133 e. The SMILES string of the molecule is OCC1Cc2cnccc2Oc2ccccc21. The first-order valence-electron chi connectivity index (χ1n) is 5.69. The Morgan fingerprint density at radius 1 is 1.24 bits per heavy atom. The number of ether oxygens (including phenoxy) is 1. The second kappa shape index (κ2) is 4.18. The van der Waals surface area contributed by atoms with E-state index in [1.54, 1.807) is 6.20 Å². The highest BCUT2D eigenvalue weighted by atomic mass is 16.5. The lowest BCUT2D eigenvalue weighted by atomic mass is 9.93. The van der Waals surface area contributed by atoms with Crippen LogP contribution in [0.3, 0.4) is 0 Å². The maximum Gasteiger partial charge on any atom is 0.133 e. The van der Waals surface area contributed by atoms with E-state index in [-0.39, 0.29) is 12.5 Å². The molecule has 1 aliphatic rings. The van der Waals surface area contributed by atoms with Crippen molar-refractivity contribution in [3.8, 4) is 11.5 Å². The van der Waals surface area contributed by atoms with Crippen molar-refractivity contribution in [1.29, 1.82) is 0 Å². The topological polar surface area (TPSA) is 42.4 Å². The summed E-state index contributed by atoms with van der Waals surface area (Å²) >= 11 is 0. The van der Waals surface area contributed by atoms with Crippen LogP contribution in [-0.2, 0) is 6.42 Å². The number of hydrogen-bond acceptors (Lipinski definition) is 3. The molecule has 0 saturated heterocycles. The van der Waals surface area contributed by atoms with E-state index in [4.69, 9.17) is 4.74 Å². The van der Waals surface area contributed by atoms with Crippen LogP contribution in [0.15, 0.2) is 42.7 Å². The summed E-state index contributed by atoms with van der Waals surface area (Å²) in [5, 5.41) is 9.51. The summed E-state index contributed by atoms with van der Waals surface area (Å²) in [6.45, 7) is 0.120. The van der Waals surface area contributed by atoms with Crippen LogP contribution in [0.4, 0.5) is 0 Å². The highest BCUT2D eigenvalue weighted by molar-refractivity contribution is 5.45. The molecule has 0 radical (unpaired) electrons. The van der Waals surface area contributed by atoms with Crippen LogP contribution < -0.4 is 4.74 Å². The van der Waals surface area contributed by atoms with E-state index in [0.29, 0.717) is 0 Å². The number of pyridine rings is 1. The van der Waals surface area contributed by atoms with Crippen molar-refractivity contribution in [3.05, 3.63) is 53.9 Å². The molecule has 1 N–H and O–H groups in total. The predicted octanol–water partition coefficient (Wildman–Crippen LogP) is 2.51. The Kier molecular flexibility index (Phi) is 2.53. The van der Waals surface area contributed by atoms with Crippen molar-refractivity contribution in [2.24, 2.45) is 0 Å². The maximum absolute atomic E-state index is 9.51. The zero-order valence-electron chi connectivity index (χ0n) is 9.34. The van der Waals surface area contributed by atoms with Gasteiger partial charge in [-0.05, 0) is 18.6 Å². The molecule has 17 heavy (non-hydrogen) atoms. The predicted molar refractivity (Wildman–Crippen MR) is 64.3 cm³/mol. The molecule has 1 unspecified atom stereocenters. The van der Waals surface area contributed by atoms with Crippen LogP contribution in [0.5, 0.6) is 11.5 Å². The van der Waals surface area contributed by atoms with E-state index in [9.17, 15) is 5.11 Å². The largest absolute Gasteiger partial charge is 0.457 e. The van der Waals surface area contributed by atoms with E-state index < -0.39 is 0 Å². The standard InChI is InChI=1S/C14H13NO2/c16-9-11-7-10-8-15-6-5-13(10)17-14-4-2-1-3-12(11)14/h1-6,8,11,16H,7,9H2. The van der Waals surface area contributed by atoms with Crippen LogP contribution >= 0.6 is 0 Å². The van der Waals surface area contributed by atoms with Gasteiger partial charge in [0.15, 0.2) is 0 Å². The van der Waals surface area contributed by atoms with Crippen LogP contribution in [0, 0.1) is 0 Å². The van der Waals surface area contributed by atoms with Crippen molar-refractivity contribution in [2.45, 2.75) is 12.3 Å². The third kappa shape index (κ3) is 1.78. The normalized spacial score (nSPS) is 17.6. The molecule has 1 aromatic carbocycles. The summed E-state index contributed by atoms with van der Waals surface area (Å²) in [5.41, 5.74) is 2.11. The number of aromatic nitrogens is 1. The molecular formula is C14H13NO2. The quantitative estimate of drug-likeness (QED) is 0.814. The Bertz CT molecular complexity index is 539. The van der Waals surface area contributed by atoms with Crippen LogP contribution in [0.1, 0.15) is 17.0 Å². The molecule has 0 aliphatic carbocycles. The highest BCUT2D eigenvalue weighted by Crippen LogP contribution is 2.38. The Morgan fingerprint density at radius 2 is 2.12 bits per heavy atom. The molecule has 1 aromatic heterocycles. The first-order chi connectivity index (χ1) is 8.38. The summed E-state index contributed by atoms with van der Waals surface area (Å²) in [6, 6.07) is 9.73. The van der Waals surface area contributed by atoms with Crippen molar-refractivity contribution in [3.63, 3.8) is 0 Å². The number of para-hydroxylation sites is 1. The molecule has 3 rings (SSSR count). The van der Waals surface area contributed by atoms with Gasteiger partial charge in [0, 0.05) is 29.4 Å². The summed E-state index contributed by atoms with van der Waals surface area (Å²) in [5.74, 6) is 1.75. The summed E-state index contributed by atoms with van der Waals surface area (Å²) in [6.07, 6.45) is 4.29. The van der Waals surface area contributed by atoms with Crippen LogP contribution in [0.2, 0.25) is 0 Å². The van der Waals surface area contributed by atoms with Gasteiger partial charge in [0.1, 0.15) is 11.5 Å². The lowest BCUT2D eigenvalue weighted by molar-refractivity contribution is 0.264. The maximum atomic E-state index is 9.51. The molecule has 1 atom stereocenters. The average molecular weight is 227 g/mol. The Hall–Kier alpha value is -1.87. The zero-order valence-corrected chi connectivity index (χ0v) is 9.34. The molecule has 2 heterocycles. The van der Waals surface area contributed by atoms with Gasteiger partial charge in [-0.1, -0.05) is 18.2 Å². The van der Waals surface area contributed by atoms with E-state index in [1.165, 1.54) is 0 Å². The van der Waals surface area contributed by atoms with E-state index in [2.05, 4.69) is 4.98 Å². The number of rotatable bonds is 1. The van der Waals surface area contributed by atoms with Gasteiger partial charge in [0.2, 0.25) is 0 Å². The molecular weight excluding hydrogens is 214 g/mol. The van der Waals surface area contributed by atoms with Crippen molar-refractivity contribution in [1.82, 2.24) is 4.98 Å². The molecule has 0 amide bonds. The Labute approximate surface area is 99.7 Å². The third-order valence-electron chi connectivity index (χ3n) is 3.12. The minimum atomic E-state index is 0.0802. The monoisotopic (exact) mass is 227 g/mol. The molecule has 2 aromatic rings. The molecule has 0 spiro atoms. The second-order valence-electron chi connectivity index (χ2n) is 4.21. The second-order valence-corrected chi connectivity index (χ2v) is 4.21. The molecule has 0 bridgehead atoms. The number of aliphatic hydroxyl groups is 1. The van der Waals surface area contributed by atoms with Gasteiger partial charge in [-0.3, -0.25) is 4.98 Å². The summed E-state index contributed by atoms with van der Waals surface area (Å²) < 4.78 is 5.88. The third-order valence-corrected chi connectivity index (χ3v) is 3.12. The minimum absolute atomic E-state index is 0.0802. The summed E-state index contributed by atoms with van der Waals surface area (Å²) in [4.78, 5) is 4.11. The minimum Gasteiger partial charge on any atom is -0.457 e. The van der Waals surface area contributed by atoms with Gasteiger partial charge in [-0.15, -0.1) is 0 Å². The lowest BCUT2D eigenvalue weighted by Crippen LogP contribution is -2.06. The fourth-order valence-electron chi connectivity index (χ4n) is 2.23. The molecule has 3 heteroatoms. The van der Waals surface area contributed by atoms with Crippen molar-refractivity contribution in [2.75, 3.05) is 6.61 Å². The van der Waals surface area contributed by atoms with Crippen LogP contribution in [-0.4, -0.2) is 16.7 Å². The number of nitrogens with zero attached hydrogens (tertiary/aromatic N) is 1. The zero-order chi connectivity index (χ0) is 11.7. The van der Waals surface area contributed by atoms with Gasteiger partial charge >= 0.3 is 0 Å². The van der Waals surface area contributed by atoms with E-state index >= 15 is 0 Å². The summed E-state index contributed by atoms with van der Waals surface area (Å²) in [7, 11) is 0. The van der Waals surface area contributed by atoms with Crippen molar-refractivity contribution < 1.29 is 9.84 Å². The molecule has 0 fully saturated rings. The molecule has 0 saturated carbocycles. The number of fused-ring (bicyclic) bond motifs is 2. The first-order valence-corrected chi connectivity index (χ1v) is 5.69. The lowest BCUT2D eigenvalue weighted by Gasteiger charge is -2.13. The molecule has 1 aliphatic heterocycles. The van der Waals surface area contributed by atoms with Gasteiger partial charge in [0.25, 0.3) is 0 Å². The molecule has 3 nitrogen and oxygen atoms in total. The van der Waals surface area contributed by atoms with Gasteiger partial charge in [0.05, 0.1) is 6.61 Å². The van der Waals surface area contributed by atoms with E-state index in [1.807, 2.05) is 36.5 Å². The van der Waals surface area contributed by atoms with Gasteiger partial charge in [-0.2, -0.15) is 0 Å². The van der Waals surface area contributed by atoms with Gasteiger partial charge in [-0.25, -0.2) is 0 Å². The van der Waals surface area contributed by atoms with Gasteiger partial charge < -0.3 is 9.84 Å². The Balaban J connectivity index is 2.13. The first kappa shape index (κ1) is 10.3. The fourth-order valence-corrected chi connectivity index (χ4v) is 2.23. The van der Waals surface area contributed by atoms with Crippen molar-refractivity contribution >= 4 is 0 Å². The molecule has 86 valence electrons. The average Bonchev–Trinajstić information content (AvgIpc) is 2.54. The van der Waals surface area contributed by atoms with E-state index in [0.717, 1.165) is 29.0 Å². The Morgan fingerprint density at radius 3 is 3.00 bits per heavy atom. The number of hydrogen-bond donors (Lipinski definition) is 1. The highest BCUT2D eigenvalue weighted by Gasteiger charge is 2.22. The fraction of sp³-hybridized carbons (Fsp3) is 0.214.